The van der Waals surface area contributed by atoms with Gasteiger partial charge in [-0.25, -0.2) is 17.8 Å². The van der Waals surface area contributed by atoms with Crippen LogP contribution >= 0.6 is 22.9 Å². The average Bonchev–Trinajstić information content (AvgIpc) is 3.01. The molecular formula is C22H22ClFN2O4S2. The molecular weight excluding hydrogens is 475 g/mol. The van der Waals surface area contributed by atoms with Crippen molar-refractivity contribution in [1.29, 1.82) is 0 Å². The number of rotatable bonds is 5. The number of pyridine rings is 1. The smallest absolute Gasteiger partial charge is 0.265 e. The molecule has 170 valence electrons. The zero-order chi connectivity index (χ0) is 23.8. The number of ether oxygens (including phenoxy) is 1. The number of sulfone groups is 1. The van der Waals surface area contributed by atoms with E-state index in [1.54, 1.807) is 13.0 Å². The lowest BCUT2D eigenvalue weighted by molar-refractivity contribution is 0.103. The third-order valence-electron chi connectivity index (χ3n) is 4.19. The van der Waals surface area contributed by atoms with Crippen molar-refractivity contribution in [3.63, 3.8) is 0 Å². The summed E-state index contributed by atoms with van der Waals surface area (Å²) in [6, 6.07) is 6.90. The number of thiophene rings is 1. The lowest BCUT2D eigenvalue weighted by Gasteiger charge is -2.21. The molecule has 0 radical (unpaired) electrons. The third-order valence-corrected chi connectivity index (χ3v) is 6.55. The van der Waals surface area contributed by atoms with Gasteiger partial charge in [-0.05, 0) is 52.0 Å². The van der Waals surface area contributed by atoms with E-state index in [2.05, 4.69) is 10.3 Å². The summed E-state index contributed by atoms with van der Waals surface area (Å²) < 4.78 is 44.0. The van der Waals surface area contributed by atoms with E-state index in [0.29, 0.717) is 21.1 Å². The van der Waals surface area contributed by atoms with E-state index in [0.717, 1.165) is 6.26 Å². The van der Waals surface area contributed by atoms with Crippen LogP contribution in [0, 0.1) is 12.7 Å². The number of amides is 1. The van der Waals surface area contributed by atoms with Crippen molar-refractivity contribution in [1.82, 2.24) is 4.98 Å². The standard InChI is InChI=1S/C22H22ClFN2O4S2/c1-12-17(20-18(24)9-15(11-25-20)30-22(2,3)4)10-19(31-12)21(27)26-14-6-13(23)7-16(8-14)32(5,28)29/h6-11H,1-5H3,(H,26,27). The lowest BCUT2D eigenvalue weighted by Crippen LogP contribution is -2.23. The van der Waals surface area contributed by atoms with Crippen LogP contribution < -0.4 is 10.1 Å². The van der Waals surface area contributed by atoms with Gasteiger partial charge in [0.15, 0.2) is 15.7 Å². The van der Waals surface area contributed by atoms with Gasteiger partial charge in [-0.15, -0.1) is 11.3 Å². The number of nitrogens with zero attached hydrogens (tertiary/aromatic N) is 1. The van der Waals surface area contributed by atoms with Crippen LogP contribution in [0.1, 0.15) is 35.3 Å². The molecule has 0 fully saturated rings. The van der Waals surface area contributed by atoms with Crippen LogP contribution in [0.2, 0.25) is 5.02 Å². The third kappa shape index (κ3) is 5.85. The maximum absolute atomic E-state index is 14.7. The monoisotopic (exact) mass is 496 g/mol. The van der Waals surface area contributed by atoms with Crippen molar-refractivity contribution < 1.29 is 22.3 Å². The number of anilines is 1. The van der Waals surface area contributed by atoms with E-state index in [-0.39, 0.29) is 21.3 Å². The van der Waals surface area contributed by atoms with Crippen LogP contribution in [-0.4, -0.2) is 31.2 Å². The van der Waals surface area contributed by atoms with Gasteiger partial charge >= 0.3 is 0 Å². The Balaban J connectivity index is 1.87. The van der Waals surface area contributed by atoms with Crippen molar-refractivity contribution in [2.24, 2.45) is 0 Å². The molecule has 0 bridgehead atoms. The first-order chi connectivity index (χ1) is 14.7. The Hall–Kier alpha value is -2.49. The zero-order valence-corrected chi connectivity index (χ0v) is 20.5. The Bertz CT molecular complexity index is 1300. The van der Waals surface area contributed by atoms with Crippen molar-refractivity contribution >= 4 is 44.4 Å². The van der Waals surface area contributed by atoms with E-state index in [1.807, 2.05) is 20.8 Å². The van der Waals surface area contributed by atoms with Gasteiger partial charge in [-0.1, -0.05) is 11.6 Å². The molecule has 1 N–H and O–H groups in total. The van der Waals surface area contributed by atoms with Gasteiger partial charge < -0.3 is 10.1 Å². The Labute approximate surface area is 195 Å². The molecule has 0 spiro atoms. The largest absolute Gasteiger partial charge is 0.486 e. The summed E-state index contributed by atoms with van der Waals surface area (Å²) in [6.07, 6.45) is 2.50. The van der Waals surface area contributed by atoms with Crippen LogP contribution in [0.15, 0.2) is 41.4 Å². The fourth-order valence-corrected chi connectivity index (χ4v) is 4.80. The van der Waals surface area contributed by atoms with E-state index in [9.17, 15) is 17.6 Å². The summed E-state index contributed by atoms with van der Waals surface area (Å²) in [5.74, 6) is -0.723. The Morgan fingerprint density at radius 2 is 1.88 bits per heavy atom. The number of benzene rings is 1. The average molecular weight is 497 g/mol. The minimum Gasteiger partial charge on any atom is -0.486 e. The van der Waals surface area contributed by atoms with E-state index < -0.39 is 27.2 Å². The summed E-state index contributed by atoms with van der Waals surface area (Å²) in [7, 11) is -3.50. The van der Waals surface area contributed by atoms with Crippen molar-refractivity contribution in [2.45, 2.75) is 38.2 Å². The van der Waals surface area contributed by atoms with E-state index >= 15 is 0 Å². The molecule has 0 saturated heterocycles. The van der Waals surface area contributed by atoms with Crippen LogP contribution in [0.25, 0.3) is 11.3 Å². The summed E-state index contributed by atoms with van der Waals surface area (Å²) >= 11 is 7.16. The number of carbonyl (C=O) groups is 1. The minimum atomic E-state index is -3.50. The van der Waals surface area contributed by atoms with Gasteiger partial charge in [0.05, 0.1) is 16.0 Å². The van der Waals surface area contributed by atoms with Gasteiger partial charge in [0.2, 0.25) is 0 Å². The molecule has 3 rings (SSSR count). The molecule has 6 nitrogen and oxygen atoms in total. The van der Waals surface area contributed by atoms with Gasteiger partial charge in [0.1, 0.15) is 17.0 Å². The van der Waals surface area contributed by atoms with Crippen molar-refractivity contribution in [3.05, 3.63) is 57.1 Å². The number of carbonyl (C=O) groups excluding carboxylic acids is 1. The topological polar surface area (TPSA) is 85.4 Å². The fraction of sp³-hybridized carbons (Fsp3) is 0.273. The second kappa shape index (κ2) is 8.80. The number of nitrogens with one attached hydrogen (secondary N) is 1. The fourth-order valence-electron chi connectivity index (χ4n) is 2.90. The number of aromatic nitrogens is 1. The van der Waals surface area contributed by atoms with Crippen LogP contribution in [0.5, 0.6) is 5.75 Å². The molecule has 0 unspecified atom stereocenters. The van der Waals surface area contributed by atoms with Gasteiger partial charge in [-0.2, -0.15) is 0 Å². The quantitative estimate of drug-likeness (QED) is 0.486. The summed E-state index contributed by atoms with van der Waals surface area (Å²) in [6.45, 7) is 7.32. The molecule has 2 heterocycles. The Morgan fingerprint density at radius 1 is 1.19 bits per heavy atom. The highest BCUT2D eigenvalue weighted by atomic mass is 35.5. The van der Waals surface area contributed by atoms with Gasteiger partial charge in [0, 0.05) is 33.5 Å². The molecule has 2 aromatic heterocycles. The molecule has 0 aliphatic carbocycles. The predicted molar refractivity (Wildman–Crippen MR) is 125 cm³/mol. The first-order valence-electron chi connectivity index (χ1n) is 9.50. The Morgan fingerprint density at radius 3 is 2.47 bits per heavy atom. The normalized spacial score (nSPS) is 12.0. The molecule has 0 atom stereocenters. The second-order valence-corrected chi connectivity index (χ2v) is 11.9. The molecule has 10 heteroatoms. The number of hydrogen-bond acceptors (Lipinski definition) is 6. The second-order valence-electron chi connectivity index (χ2n) is 8.20. The predicted octanol–water partition coefficient (Wildman–Crippen LogP) is 5.74. The zero-order valence-electron chi connectivity index (χ0n) is 18.1. The van der Waals surface area contributed by atoms with E-state index in [1.165, 1.54) is 41.8 Å². The summed E-state index contributed by atoms with van der Waals surface area (Å²) in [4.78, 5) is 18.0. The maximum Gasteiger partial charge on any atom is 0.265 e. The lowest BCUT2D eigenvalue weighted by atomic mass is 10.1. The first-order valence-corrected chi connectivity index (χ1v) is 12.6. The molecule has 0 saturated carbocycles. The van der Waals surface area contributed by atoms with Crippen LogP contribution in [-0.2, 0) is 9.84 Å². The highest BCUT2D eigenvalue weighted by molar-refractivity contribution is 7.90. The summed E-state index contributed by atoms with van der Waals surface area (Å²) in [5, 5.41) is 2.82. The number of halogens is 2. The SMILES string of the molecule is Cc1sc(C(=O)Nc2cc(Cl)cc(S(C)(=O)=O)c2)cc1-c1ncc(OC(C)(C)C)cc1F. The van der Waals surface area contributed by atoms with Crippen LogP contribution in [0.4, 0.5) is 10.1 Å². The van der Waals surface area contributed by atoms with E-state index in [4.69, 9.17) is 16.3 Å². The summed E-state index contributed by atoms with van der Waals surface area (Å²) in [5.41, 5.74) is 0.351. The molecule has 0 aliphatic heterocycles. The maximum atomic E-state index is 14.7. The molecule has 32 heavy (non-hydrogen) atoms. The highest BCUT2D eigenvalue weighted by Crippen LogP contribution is 2.33. The van der Waals surface area contributed by atoms with Crippen LogP contribution in [0.3, 0.4) is 0 Å². The molecule has 1 amide bonds. The number of aryl methyl sites for hydroxylation is 1. The molecule has 1 aromatic carbocycles. The minimum absolute atomic E-state index is 0.00724. The number of hydrogen-bond donors (Lipinski definition) is 1. The molecule has 3 aromatic rings. The van der Waals surface area contributed by atoms with Gasteiger partial charge in [-0.3, -0.25) is 4.79 Å². The molecule has 0 aliphatic rings. The highest BCUT2D eigenvalue weighted by Gasteiger charge is 2.20. The Kier molecular flexibility index (Phi) is 6.65. The van der Waals surface area contributed by atoms with Gasteiger partial charge in [0.25, 0.3) is 5.91 Å². The van der Waals surface area contributed by atoms with Crippen molar-refractivity contribution in [2.75, 3.05) is 11.6 Å². The van der Waals surface area contributed by atoms with Crippen molar-refractivity contribution in [3.8, 4) is 17.0 Å². The first kappa shape index (κ1) is 24.2.